The van der Waals surface area contributed by atoms with Crippen molar-refractivity contribution in [1.82, 2.24) is 9.78 Å². The number of aromatic nitrogens is 2. The van der Waals surface area contributed by atoms with Gasteiger partial charge in [-0.1, -0.05) is 25.4 Å². The molecule has 0 aliphatic rings. The summed E-state index contributed by atoms with van der Waals surface area (Å²) < 4.78 is 39.3. The lowest BCUT2D eigenvalue weighted by Gasteiger charge is -2.14. The zero-order valence-corrected chi connectivity index (χ0v) is 11.0. The third kappa shape index (κ3) is 2.88. The number of halogens is 5. The third-order valence-corrected chi connectivity index (χ3v) is 3.30. The van der Waals surface area contributed by atoms with E-state index < -0.39 is 11.9 Å². The van der Waals surface area contributed by atoms with Crippen LogP contribution in [0, 0.1) is 0 Å². The predicted molar refractivity (Wildman–Crippen MR) is 61.4 cm³/mol. The van der Waals surface area contributed by atoms with Crippen molar-refractivity contribution in [2.24, 2.45) is 0 Å². The monoisotopic (exact) mass is 288 g/mol. The molecular weight excluding hydrogens is 276 g/mol. The summed E-state index contributed by atoms with van der Waals surface area (Å²) in [6, 6.07) is -0.138. The number of rotatable bonds is 4. The van der Waals surface area contributed by atoms with E-state index in [1.54, 1.807) is 0 Å². The van der Waals surface area contributed by atoms with Gasteiger partial charge < -0.3 is 0 Å². The van der Waals surface area contributed by atoms with E-state index in [1.165, 1.54) is 4.68 Å². The SMILES string of the molecule is CCC(CC)n1nc(C(F)(F)F)c(CCl)c1Cl. The molecule has 0 aliphatic heterocycles. The Morgan fingerprint density at radius 1 is 1.29 bits per heavy atom. The zero-order valence-electron chi connectivity index (χ0n) is 9.48. The van der Waals surface area contributed by atoms with Gasteiger partial charge in [0, 0.05) is 5.56 Å². The molecule has 0 N–H and O–H groups in total. The summed E-state index contributed by atoms with van der Waals surface area (Å²) in [6.45, 7) is 3.75. The molecule has 1 aromatic rings. The summed E-state index contributed by atoms with van der Waals surface area (Å²) in [6.07, 6.45) is -3.20. The van der Waals surface area contributed by atoms with Gasteiger partial charge in [0.2, 0.25) is 0 Å². The van der Waals surface area contributed by atoms with Crippen LogP contribution in [0.15, 0.2) is 0 Å². The molecule has 0 bridgehead atoms. The summed E-state index contributed by atoms with van der Waals surface area (Å²) >= 11 is 11.4. The summed E-state index contributed by atoms with van der Waals surface area (Å²) in [5, 5.41) is 3.56. The Labute approximate surface area is 108 Å². The van der Waals surface area contributed by atoms with Gasteiger partial charge in [0.1, 0.15) is 5.15 Å². The summed E-state index contributed by atoms with van der Waals surface area (Å²) in [7, 11) is 0. The van der Waals surface area contributed by atoms with Gasteiger partial charge in [-0.15, -0.1) is 11.6 Å². The largest absolute Gasteiger partial charge is 0.435 e. The van der Waals surface area contributed by atoms with Crippen molar-refractivity contribution in [3.8, 4) is 0 Å². The first-order valence-corrected chi connectivity index (χ1v) is 6.18. The number of hydrogen-bond acceptors (Lipinski definition) is 1. The lowest BCUT2D eigenvalue weighted by molar-refractivity contribution is -0.142. The molecule has 0 unspecified atom stereocenters. The van der Waals surface area contributed by atoms with Crippen LogP contribution in [0.4, 0.5) is 13.2 Å². The lowest BCUT2D eigenvalue weighted by atomic mass is 10.2. The van der Waals surface area contributed by atoms with Gasteiger partial charge in [0.25, 0.3) is 0 Å². The standard InChI is InChI=1S/C10H13Cl2F3N2/c1-3-6(4-2)17-9(12)7(5-11)8(16-17)10(13,14)15/h6H,3-5H2,1-2H3. The average molecular weight is 289 g/mol. The second-order valence-corrected chi connectivity index (χ2v) is 4.29. The highest BCUT2D eigenvalue weighted by molar-refractivity contribution is 6.31. The Hall–Kier alpha value is -0.420. The Kier molecular flexibility index (Phi) is 4.72. The Morgan fingerprint density at radius 2 is 1.82 bits per heavy atom. The van der Waals surface area contributed by atoms with E-state index in [-0.39, 0.29) is 22.6 Å². The number of hydrogen-bond donors (Lipinski definition) is 0. The van der Waals surface area contributed by atoms with Crippen LogP contribution >= 0.6 is 23.2 Å². The molecule has 17 heavy (non-hydrogen) atoms. The van der Waals surface area contributed by atoms with E-state index in [2.05, 4.69) is 5.10 Å². The van der Waals surface area contributed by atoms with Crippen LogP contribution < -0.4 is 0 Å². The number of nitrogens with zero attached hydrogens (tertiary/aromatic N) is 2. The average Bonchev–Trinajstić information content (AvgIpc) is 2.58. The summed E-state index contributed by atoms with van der Waals surface area (Å²) in [5.74, 6) is -0.298. The molecule has 0 aromatic carbocycles. The minimum Gasteiger partial charge on any atom is -0.250 e. The Balaban J connectivity index is 3.31. The van der Waals surface area contributed by atoms with Gasteiger partial charge in [-0.25, -0.2) is 0 Å². The van der Waals surface area contributed by atoms with Gasteiger partial charge in [-0.05, 0) is 12.8 Å². The maximum atomic E-state index is 12.7. The van der Waals surface area contributed by atoms with Crippen molar-refractivity contribution >= 4 is 23.2 Å². The Bertz CT molecular complexity index is 384. The van der Waals surface area contributed by atoms with E-state index in [0.717, 1.165) is 0 Å². The topological polar surface area (TPSA) is 17.8 Å². The second kappa shape index (κ2) is 5.48. The first-order chi connectivity index (χ1) is 7.86. The molecule has 0 saturated heterocycles. The van der Waals surface area contributed by atoms with Crippen LogP contribution in [-0.2, 0) is 12.1 Å². The molecular formula is C10H13Cl2F3N2. The number of alkyl halides is 4. The molecule has 0 saturated carbocycles. The molecule has 1 aromatic heterocycles. The van der Waals surface area contributed by atoms with Crippen molar-refractivity contribution in [3.05, 3.63) is 16.4 Å². The van der Waals surface area contributed by atoms with Crippen LogP contribution in [0.25, 0.3) is 0 Å². The fourth-order valence-corrected chi connectivity index (χ4v) is 2.32. The fraction of sp³-hybridized carbons (Fsp3) is 0.700. The maximum Gasteiger partial charge on any atom is 0.435 e. The van der Waals surface area contributed by atoms with Crippen LogP contribution in [0.5, 0.6) is 0 Å². The van der Waals surface area contributed by atoms with E-state index >= 15 is 0 Å². The molecule has 0 fully saturated rings. The molecule has 1 rings (SSSR count). The first kappa shape index (κ1) is 14.6. The molecule has 1 heterocycles. The molecule has 0 spiro atoms. The van der Waals surface area contributed by atoms with Crippen LogP contribution in [0.2, 0.25) is 5.15 Å². The lowest BCUT2D eigenvalue weighted by Crippen LogP contribution is -2.12. The van der Waals surface area contributed by atoms with Gasteiger partial charge in [-0.3, -0.25) is 4.68 Å². The van der Waals surface area contributed by atoms with Gasteiger partial charge in [0.05, 0.1) is 11.9 Å². The highest BCUT2D eigenvalue weighted by Crippen LogP contribution is 2.37. The third-order valence-electron chi connectivity index (χ3n) is 2.63. The predicted octanol–water partition coefficient (Wildman–Crippen LogP) is 4.66. The van der Waals surface area contributed by atoms with E-state index in [0.29, 0.717) is 12.8 Å². The van der Waals surface area contributed by atoms with E-state index in [9.17, 15) is 13.2 Å². The zero-order chi connectivity index (χ0) is 13.2. The quantitative estimate of drug-likeness (QED) is 0.737. The summed E-state index contributed by atoms with van der Waals surface area (Å²) in [5.41, 5.74) is -1.13. The van der Waals surface area contributed by atoms with Crippen molar-refractivity contribution in [1.29, 1.82) is 0 Å². The van der Waals surface area contributed by atoms with Gasteiger partial charge in [-0.2, -0.15) is 18.3 Å². The van der Waals surface area contributed by atoms with Crippen molar-refractivity contribution in [2.45, 2.75) is 44.8 Å². The smallest absolute Gasteiger partial charge is 0.250 e. The molecule has 0 radical (unpaired) electrons. The maximum absolute atomic E-state index is 12.7. The first-order valence-electron chi connectivity index (χ1n) is 5.26. The summed E-state index contributed by atoms with van der Waals surface area (Å²) in [4.78, 5) is 0. The van der Waals surface area contributed by atoms with Gasteiger partial charge in [0.15, 0.2) is 5.69 Å². The minimum absolute atomic E-state index is 0.0129. The van der Waals surface area contributed by atoms with Gasteiger partial charge >= 0.3 is 6.18 Å². The molecule has 0 amide bonds. The fourth-order valence-electron chi connectivity index (χ4n) is 1.67. The van der Waals surface area contributed by atoms with E-state index in [4.69, 9.17) is 23.2 Å². The second-order valence-electron chi connectivity index (χ2n) is 3.66. The highest BCUT2D eigenvalue weighted by Gasteiger charge is 2.39. The molecule has 0 aliphatic carbocycles. The normalized spacial score (nSPS) is 12.5. The minimum atomic E-state index is -4.52. The van der Waals surface area contributed by atoms with Crippen LogP contribution in [0.1, 0.15) is 44.0 Å². The van der Waals surface area contributed by atoms with Crippen LogP contribution in [0.3, 0.4) is 0 Å². The molecule has 98 valence electrons. The molecule has 2 nitrogen and oxygen atoms in total. The highest BCUT2D eigenvalue weighted by atomic mass is 35.5. The molecule has 7 heteroatoms. The van der Waals surface area contributed by atoms with Crippen molar-refractivity contribution in [2.75, 3.05) is 0 Å². The van der Waals surface area contributed by atoms with Crippen molar-refractivity contribution < 1.29 is 13.2 Å². The Morgan fingerprint density at radius 3 is 2.12 bits per heavy atom. The van der Waals surface area contributed by atoms with Crippen molar-refractivity contribution in [3.63, 3.8) is 0 Å². The molecule has 0 atom stereocenters. The van der Waals surface area contributed by atoms with Crippen LogP contribution in [-0.4, -0.2) is 9.78 Å². The van der Waals surface area contributed by atoms with E-state index in [1.807, 2.05) is 13.8 Å².